The van der Waals surface area contributed by atoms with Crippen molar-refractivity contribution in [3.63, 3.8) is 0 Å². The van der Waals surface area contributed by atoms with E-state index in [9.17, 15) is 18.0 Å². The van der Waals surface area contributed by atoms with Gasteiger partial charge in [0.15, 0.2) is 5.82 Å². The number of anilines is 2. The quantitative estimate of drug-likeness (QED) is 0.278. The lowest BCUT2D eigenvalue weighted by Crippen LogP contribution is -2.43. The lowest BCUT2D eigenvalue weighted by atomic mass is 9.95. The minimum absolute atomic E-state index is 0.0743. The number of aryl methyl sites for hydroxylation is 1. The lowest BCUT2D eigenvalue weighted by Gasteiger charge is -2.31. The molecule has 14 heteroatoms. The number of hydrogen-bond donors (Lipinski definition) is 1. The molecular formula is C31H36F4N8O2. The van der Waals surface area contributed by atoms with Crippen LogP contribution in [-0.2, 0) is 11.0 Å². The number of carbonyl (C=O) groups is 1. The number of halogens is 4. The van der Waals surface area contributed by atoms with Gasteiger partial charge in [-0.3, -0.25) is 14.7 Å². The van der Waals surface area contributed by atoms with Crippen LogP contribution in [-0.4, -0.2) is 94.1 Å². The first-order valence-electron chi connectivity index (χ1n) is 15.1. The molecule has 10 nitrogen and oxygen atoms in total. The largest absolute Gasteiger partial charge is 0.461 e. The first-order chi connectivity index (χ1) is 21.5. The molecular weight excluding hydrogens is 592 g/mol. The number of likely N-dealkylation sites (tertiary alicyclic amines) is 1. The van der Waals surface area contributed by atoms with Gasteiger partial charge in [0.25, 0.3) is 0 Å². The molecule has 3 aliphatic heterocycles. The first-order valence-corrected chi connectivity index (χ1v) is 15.1. The van der Waals surface area contributed by atoms with Crippen LogP contribution in [0.3, 0.4) is 0 Å². The molecule has 3 aliphatic rings. The number of carbonyl (C=O) groups excluding carboxylic acids is 1. The predicted molar refractivity (Wildman–Crippen MR) is 162 cm³/mol. The van der Waals surface area contributed by atoms with Crippen LogP contribution < -0.4 is 15.0 Å². The van der Waals surface area contributed by atoms with E-state index in [1.165, 1.54) is 32.3 Å². The third-order valence-electron chi connectivity index (χ3n) is 9.44. The zero-order chi connectivity index (χ0) is 32.1. The van der Waals surface area contributed by atoms with Gasteiger partial charge in [0.1, 0.15) is 35.1 Å². The molecule has 3 fully saturated rings. The van der Waals surface area contributed by atoms with Crippen molar-refractivity contribution in [1.29, 1.82) is 0 Å². The summed E-state index contributed by atoms with van der Waals surface area (Å²) >= 11 is 0. The van der Waals surface area contributed by atoms with Crippen LogP contribution >= 0.6 is 0 Å². The van der Waals surface area contributed by atoms with Gasteiger partial charge in [-0.2, -0.15) is 23.1 Å². The first kappa shape index (κ1) is 30.9. The molecule has 3 saturated heterocycles. The topological polar surface area (TPSA) is 99.6 Å². The van der Waals surface area contributed by atoms with Crippen LogP contribution in [0.1, 0.15) is 43.2 Å². The van der Waals surface area contributed by atoms with Crippen molar-refractivity contribution in [2.45, 2.75) is 56.8 Å². The summed E-state index contributed by atoms with van der Waals surface area (Å²) in [5.74, 6) is -0.803. The number of amides is 1. The number of nitrogens with zero attached hydrogens (tertiary/aromatic N) is 7. The molecule has 1 amide bonds. The zero-order valence-electron chi connectivity index (χ0n) is 25.5. The van der Waals surface area contributed by atoms with Gasteiger partial charge in [-0.25, -0.2) is 9.37 Å². The minimum Gasteiger partial charge on any atom is -0.461 e. The highest BCUT2D eigenvalue weighted by Gasteiger charge is 2.45. The molecule has 1 N–H and O–H groups in total. The van der Waals surface area contributed by atoms with E-state index in [-0.39, 0.29) is 45.8 Å². The standard InChI is InChI=1S/C31H36F4N8O2/c1-5-22(44)42-13-8-19(16-42)41(4)28-20-15-37-27(26-23(31(33,34)35)18(2)14-21(36-3)38-26)24(32)25(20)39-29(40-28)45-17-30-9-6-11-43(30)12-7-10-30/h5,14-15,19H,1,6-13,16-17H2,2-4H3,(H,36,38). The van der Waals surface area contributed by atoms with E-state index in [4.69, 9.17) is 4.74 Å². The number of likely N-dealkylation sites (N-methyl/N-ethyl adjacent to an activating group) is 1. The second-order valence-corrected chi connectivity index (χ2v) is 12.1. The molecule has 3 aromatic heterocycles. The maximum Gasteiger partial charge on any atom is 0.418 e. The molecule has 0 aliphatic carbocycles. The highest BCUT2D eigenvalue weighted by atomic mass is 19.4. The third kappa shape index (κ3) is 5.53. The summed E-state index contributed by atoms with van der Waals surface area (Å²) in [6.07, 6.45) is 2.41. The lowest BCUT2D eigenvalue weighted by molar-refractivity contribution is -0.137. The summed E-state index contributed by atoms with van der Waals surface area (Å²) in [5.41, 5.74) is -2.77. The van der Waals surface area contributed by atoms with Gasteiger partial charge in [-0.15, -0.1) is 0 Å². The summed E-state index contributed by atoms with van der Waals surface area (Å²) < 4.78 is 65.5. The van der Waals surface area contributed by atoms with Crippen molar-refractivity contribution in [1.82, 2.24) is 29.7 Å². The molecule has 6 heterocycles. The second kappa shape index (κ2) is 11.7. The van der Waals surface area contributed by atoms with E-state index >= 15 is 4.39 Å². The Balaban J connectivity index is 1.47. The number of hydrogen-bond acceptors (Lipinski definition) is 9. The normalized spacial score (nSPS) is 19.6. The fraction of sp³-hybridized carbons (Fsp3) is 0.516. The number of fused-ring (bicyclic) bond motifs is 2. The number of nitrogens with one attached hydrogen (secondary N) is 1. The molecule has 45 heavy (non-hydrogen) atoms. The second-order valence-electron chi connectivity index (χ2n) is 12.1. The van der Waals surface area contributed by atoms with Gasteiger partial charge < -0.3 is 19.9 Å². The molecule has 6 rings (SSSR count). The van der Waals surface area contributed by atoms with E-state index in [0.717, 1.165) is 38.8 Å². The van der Waals surface area contributed by atoms with Crippen LogP contribution in [0.2, 0.25) is 0 Å². The molecule has 3 aromatic rings. The fourth-order valence-corrected chi connectivity index (χ4v) is 7.07. The van der Waals surface area contributed by atoms with Gasteiger partial charge in [0, 0.05) is 39.4 Å². The molecule has 0 spiro atoms. The number of pyridine rings is 2. The van der Waals surface area contributed by atoms with Crippen molar-refractivity contribution < 1.29 is 27.1 Å². The molecule has 1 unspecified atom stereocenters. The summed E-state index contributed by atoms with van der Waals surface area (Å²) in [6, 6.07) is 1.01. The summed E-state index contributed by atoms with van der Waals surface area (Å²) in [6.45, 7) is 8.05. The van der Waals surface area contributed by atoms with Crippen molar-refractivity contribution in [2.24, 2.45) is 0 Å². The minimum atomic E-state index is -4.81. The fourth-order valence-electron chi connectivity index (χ4n) is 7.07. The van der Waals surface area contributed by atoms with E-state index in [0.29, 0.717) is 31.9 Å². The Morgan fingerprint density at radius 1 is 1.20 bits per heavy atom. The maximum absolute atomic E-state index is 16.5. The van der Waals surface area contributed by atoms with E-state index in [1.807, 2.05) is 4.90 Å². The van der Waals surface area contributed by atoms with Crippen LogP contribution in [0.5, 0.6) is 6.01 Å². The van der Waals surface area contributed by atoms with Crippen molar-refractivity contribution in [2.75, 3.05) is 57.1 Å². The number of alkyl halides is 3. The highest BCUT2D eigenvalue weighted by Crippen LogP contribution is 2.42. The summed E-state index contributed by atoms with van der Waals surface area (Å²) in [5, 5.41) is 2.94. The molecule has 0 bridgehead atoms. The smallest absolute Gasteiger partial charge is 0.418 e. The molecule has 0 radical (unpaired) electrons. The summed E-state index contributed by atoms with van der Waals surface area (Å²) in [7, 11) is 3.30. The van der Waals surface area contributed by atoms with Crippen molar-refractivity contribution in [3.8, 4) is 17.4 Å². The SMILES string of the molecule is C=CC(=O)N1CCC(N(C)c2nc(OCC34CCCN3CCC4)nc3c(F)c(-c4nc(NC)cc(C)c4C(F)(F)F)ncc23)C1. The Bertz CT molecular complexity index is 1640. The molecule has 1 atom stereocenters. The van der Waals surface area contributed by atoms with Gasteiger partial charge in [0.2, 0.25) is 5.91 Å². The molecule has 0 saturated carbocycles. The maximum atomic E-state index is 16.5. The van der Waals surface area contributed by atoms with Crippen LogP contribution in [0.4, 0.5) is 29.2 Å². The van der Waals surface area contributed by atoms with E-state index in [1.54, 1.807) is 11.9 Å². The zero-order valence-corrected chi connectivity index (χ0v) is 25.5. The van der Waals surface area contributed by atoms with E-state index in [2.05, 4.69) is 36.7 Å². The van der Waals surface area contributed by atoms with Crippen molar-refractivity contribution >= 4 is 28.4 Å². The molecule has 240 valence electrons. The van der Waals surface area contributed by atoms with Gasteiger partial charge in [-0.1, -0.05) is 6.58 Å². The number of aromatic nitrogens is 4. The predicted octanol–water partition coefficient (Wildman–Crippen LogP) is 4.83. The highest BCUT2D eigenvalue weighted by molar-refractivity contribution is 5.92. The third-order valence-corrected chi connectivity index (χ3v) is 9.44. The summed E-state index contributed by atoms with van der Waals surface area (Å²) in [4.78, 5) is 35.5. The average molecular weight is 629 g/mol. The van der Waals surface area contributed by atoms with Crippen LogP contribution in [0.15, 0.2) is 24.9 Å². The van der Waals surface area contributed by atoms with E-state index < -0.39 is 28.9 Å². The number of rotatable bonds is 8. The van der Waals surface area contributed by atoms with Crippen LogP contribution in [0.25, 0.3) is 22.3 Å². The average Bonchev–Trinajstić information content (AvgIpc) is 3.75. The Labute approximate surface area is 258 Å². The Morgan fingerprint density at radius 2 is 1.93 bits per heavy atom. The Hall–Kier alpha value is -4.07. The molecule has 0 aromatic carbocycles. The Kier molecular flexibility index (Phi) is 8.04. The van der Waals surface area contributed by atoms with Crippen molar-refractivity contribution in [3.05, 3.63) is 41.9 Å². The monoisotopic (exact) mass is 628 g/mol. The van der Waals surface area contributed by atoms with Crippen LogP contribution in [0, 0.1) is 12.7 Å². The Morgan fingerprint density at radius 3 is 2.60 bits per heavy atom. The van der Waals surface area contributed by atoms with Gasteiger partial charge >= 0.3 is 12.2 Å². The van der Waals surface area contributed by atoms with Gasteiger partial charge in [0.05, 0.1) is 16.5 Å². The number of ether oxygens (including phenoxy) is 1. The van der Waals surface area contributed by atoms with Gasteiger partial charge in [-0.05, 0) is 69.8 Å².